The van der Waals surface area contributed by atoms with Crippen LogP contribution in [0.5, 0.6) is 0 Å². The molecule has 0 bridgehead atoms. The summed E-state index contributed by atoms with van der Waals surface area (Å²) in [7, 11) is 0. The van der Waals surface area contributed by atoms with E-state index in [0.717, 1.165) is 22.9 Å². The number of furan rings is 1. The SMILES string of the molecule is Cc1cccc(N2C(=O)S/C(=C\c3ccc(-c4ccc(Cl)c(Cl)c4)o3)C2=O)c1. The molecule has 2 amide bonds. The summed E-state index contributed by atoms with van der Waals surface area (Å²) in [6.45, 7) is 1.91. The largest absolute Gasteiger partial charge is 0.457 e. The number of benzene rings is 2. The summed E-state index contributed by atoms with van der Waals surface area (Å²) >= 11 is 12.9. The molecule has 1 aromatic heterocycles. The number of anilines is 1. The van der Waals surface area contributed by atoms with Crippen LogP contribution in [0.25, 0.3) is 17.4 Å². The standard InChI is InChI=1S/C21H13Cl2NO3S/c1-12-3-2-4-14(9-12)24-20(25)19(28-21(24)26)11-15-6-8-18(27-15)13-5-7-16(22)17(23)10-13/h2-11H,1H3/b19-11-. The Hall–Kier alpha value is -2.47. The highest BCUT2D eigenvalue weighted by atomic mass is 35.5. The van der Waals surface area contributed by atoms with Gasteiger partial charge in [-0.25, -0.2) is 4.90 Å². The third-order valence-electron chi connectivity index (χ3n) is 4.16. The van der Waals surface area contributed by atoms with Crippen LogP contribution in [0.3, 0.4) is 0 Å². The smallest absolute Gasteiger partial charge is 0.298 e. The van der Waals surface area contributed by atoms with Crippen LogP contribution in [0.15, 0.2) is 63.9 Å². The number of hydrogen-bond acceptors (Lipinski definition) is 4. The van der Waals surface area contributed by atoms with E-state index in [1.807, 2.05) is 19.1 Å². The van der Waals surface area contributed by atoms with Crippen molar-refractivity contribution < 1.29 is 14.0 Å². The zero-order chi connectivity index (χ0) is 19.8. The lowest BCUT2D eigenvalue weighted by atomic mass is 10.2. The average Bonchev–Trinajstić information content (AvgIpc) is 3.22. The van der Waals surface area contributed by atoms with Crippen molar-refractivity contribution in [1.82, 2.24) is 0 Å². The molecule has 140 valence electrons. The highest BCUT2D eigenvalue weighted by molar-refractivity contribution is 8.19. The molecule has 0 spiro atoms. The molecule has 0 aliphatic carbocycles. The molecule has 3 aromatic rings. The minimum Gasteiger partial charge on any atom is -0.457 e. The van der Waals surface area contributed by atoms with E-state index in [0.29, 0.717) is 32.2 Å². The Bertz CT molecular complexity index is 1140. The van der Waals surface area contributed by atoms with Crippen LogP contribution in [0.1, 0.15) is 11.3 Å². The van der Waals surface area contributed by atoms with Crippen molar-refractivity contribution >= 4 is 57.9 Å². The first-order chi connectivity index (χ1) is 13.4. The number of carbonyl (C=O) groups is 2. The minimum atomic E-state index is -0.368. The van der Waals surface area contributed by atoms with E-state index in [2.05, 4.69) is 0 Å². The van der Waals surface area contributed by atoms with Gasteiger partial charge in [0.15, 0.2) is 0 Å². The summed E-state index contributed by atoms with van der Waals surface area (Å²) < 4.78 is 5.80. The van der Waals surface area contributed by atoms with Crippen molar-refractivity contribution in [1.29, 1.82) is 0 Å². The molecule has 1 saturated heterocycles. The zero-order valence-electron chi connectivity index (χ0n) is 14.6. The quantitative estimate of drug-likeness (QED) is 0.429. The van der Waals surface area contributed by atoms with Crippen molar-refractivity contribution in [2.75, 3.05) is 4.90 Å². The van der Waals surface area contributed by atoms with E-state index in [1.165, 1.54) is 4.90 Å². The maximum atomic E-state index is 12.7. The van der Waals surface area contributed by atoms with E-state index in [1.54, 1.807) is 48.5 Å². The molecule has 0 radical (unpaired) electrons. The van der Waals surface area contributed by atoms with E-state index in [4.69, 9.17) is 27.6 Å². The second-order valence-corrected chi connectivity index (χ2v) is 7.99. The Balaban J connectivity index is 1.61. The highest BCUT2D eigenvalue weighted by Gasteiger charge is 2.36. The summed E-state index contributed by atoms with van der Waals surface area (Å²) in [5, 5.41) is 0.552. The molecule has 28 heavy (non-hydrogen) atoms. The van der Waals surface area contributed by atoms with E-state index in [-0.39, 0.29) is 11.1 Å². The lowest BCUT2D eigenvalue weighted by Crippen LogP contribution is -2.27. The van der Waals surface area contributed by atoms with Gasteiger partial charge in [0, 0.05) is 11.6 Å². The van der Waals surface area contributed by atoms with Gasteiger partial charge in [-0.05, 0) is 66.7 Å². The van der Waals surface area contributed by atoms with Crippen LogP contribution >= 0.6 is 35.0 Å². The Morgan fingerprint density at radius 1 is 1.00 bits per heavy atom. The number of hydrogen-bond donors (Lipinski definition) is 0. The van der Waals surface area contributed by atoms with Crippen LogP contribution in [-0.4, -0.2) is 11.1 Å². The molecule has 0 unspecified atom stereocenters. The van der Waals surface area contributed by atoms with Gasteiger partial charge < -0.3 is 4.42 Å². The monoisotopic (exact) mass is 429 g/mol. The third kappa shape index (κ3) is 3.61. The Morgan fingerprint density at radius 2 is 1.82 bits per heavy atom. The van der Waals surface area contributed by atoms with E-state index in [9.17, 15) is 9.59 Å². The lowest BCUT2D eigenvalue weighted by Gasteiger charge is -2.12. The number of thioether (sulfide) groups is 1. The molecule has 1 aliphatic rings. The summed E-state index contributed by atoms with van der Waals surface area (Å²) in [4.78, 5) is 26.6. The van der Waals surface area contributed by atoms with Crippen molar-refractivity contribution in [2.45, 2.75) is 6.92 Å². The number of rotatable bonds is 3. The topological polar surface area (TPSA) is 50.5 Å². The Kier molecular flexibility index (Phi) is 5.06. The van der Waals surface area contributed by atoms with Gasteiger partial charge in [0.1, 0.15) is 11.5 Å². The molecule has 0 saturated carbocycles. The second-order valence-electron chi connectivity index (χ2n) is 6.19. The third-order valence-corrected chi connectivity index (χ3v) is 5.77. The minimum absolute atomic E-state index is 0.307. The van der Waals surface area contributed by atoms with Crippen molar-refractivity contribution in [3.8, 4) is 11.3 Å². The molecule has 4 rings (SSSR count). The van der Waals surface area contributed by atoms with Gasteiger partial charge in [0.2, 0.25) is 0 Å². The second kappa shape index (κ2) is 7.51. The van der Waals surface area contributed by atoms with Gasteiger partial charge in [0.25, 0.3) is 11.1 Å². The number of amides is 2. The molecule has 2 heterocycles. The van der Waals surface area contributed by atoms with Gasteiger partial charge in [-0.15, -0.1) is 0 Å². The first kappa shape index (κ1) is 18.9. The van der Waals surface area contributed by atoms with Crippen LogP contribution in [0, 0.1) is 6.92 Å². The predicted octanol–water partition coefficient (Wildman–Crippen LogP) is 6.80. The first-order valence-electron chi connectivity index (χ1n) is 8.32. The molecule has 4 nitrogen and oxygen atoms in total. The van der Waals surface area contributed by atoms with Crippen LogP contribution in [0.2, 0.25) is 10.0 Å². The molecule has 1 fully saturated rings. The molecule has 0 N–H and O–H groups in total. The van der Waals surface area contributed by atoms with Crippen molar-refractivity contribution in [2.24, 2.45) is 0 Å². The van der Waals surface area contributed by atoms with Gasteiger partial charge in [-0.2, -0.15) is 0 Å². The molecular formula is C21H13Cl2NO3S. The normalized spacial score (nSPS) is 15.7. The van der Waals surface area contributed by atoms with Crippen LogP contribution in [0.4, 0.5) is 10.5 Å². The van der Waals surface area contributed by atoms with Gasteiger partial charge in [0.05, 0.1) is 20.6 Å². The zero-order valence-corrected chi connectivity index (χ0v) is 16.9. The Labute approximate surface area is 175 Å². The predicted molar refractivity (Wildman–Crippen MR) is 114 cm³/mol. The molecule has 1 aliphatic heterocycles. The summed E-state index contributed by atoms with van der Waals surface area (Å²) in [6, 6.07) is 16.0. The first-order valence-corrected chi connectivity index (χ1v) is 9.89. The van der Waals surface area contributed by atoms with Crippen molar-refractivity contribution in [3.63, 3.8) is 0 Å². The lowest BCUT2D eigenvalue weighted by molar-refractivity contribution is -0.113. The number of nitrogens with zero attached hydrogens (tertiary/aromatic N) is 1. The number of carbonyl (C=O) groups excluding carboxylic acids is 2. The maximum Gasteiger partial charge on any atom is 0.298 e. The molecular weight excluding hydrogens is 417 g/mol. The van der Waals surface area contributed by atoms with E-state index < -0.39 is 0 Å². The number of imide groups is 1. The average molecular weight is 430 g/mol. The fourth-order valence-corrected chi connectivity index (χ4v) is 3.94. The van der Waals surface area contributed by atoms with Crippen molar-refractivity contribution in [3.05, 3.63) is 80.9 Å². The molecule has 0 atom stereocenters. The maximum absolute atomic E-state index is 12.7. The van der Waals surface area contributed by atoms with Gasteiger partial charge in [-0.1, -0.05) is 35.3 Å². The molecule has 7 heteroatoms. The number of halogens is 2. The fraction of sp³-hybridized carbons (Fsp3) is 0.0476. The summed E-state index contributed by atoms with van der Waals surface area (Å²) in [5.74, 6) is 0.687. The van der Waals surface area contributed by atoms with Gasteiger partial charge >= 0.3 is 0 Å². The highest BCUT2D eigenvalue weighted by Crippen LogP contribution is 2.37. The molecule has 2 aromatic carbocycles. The summed E-state index contributed by atoms with van der Waals surface area (Å²) in [5.41, 5.74) is 2.29. The fourth-order valence-electron chi connectivity index (χ4n) is 2.82. The van der Waals surface area contributed by atoms with Crippen LogP contribution < -0.4 is 4.90 Å². The Morgan fingerprint density at radius 3 is 2.57 bits per heavy atom. The van der Waals surface area contributed by atoms with Gasteiger partial charge in [-0.3, -0.25) is 9.59 Å². The van der Waals surface area contributed by atoms with E-state index >= 15 is 0 Å². The van der Waals surface area contributed by atoms with Crippen LogP contribution in [-0.2, 0) is 4.79 Å². The number of aryl methyl sites for hydroxylation is 1. The summed E-state index contributed by atoms with van der Waals surface area (Å²) in [6.07, 6.45) is 1.57.